The molecule has 114 valence electrons. The molecule has 1 saturated carbocycles. The summed E-state index contributed by atoms with van der Waals surface area (Å²) in [4.78, 5) is 12.6. The Morgan fingerprint density at radius 2 is 1.85 bits per heavy atom. The average Bonchev–Trinajstić information content (AvgIpc) is 2.91. The summed E-state index contributed by atoms with van der Waals surface area (Å²) in [6.07, 6.45) is 5.46. The molecular weight excluding hydrogens is 248 g/mol. The summed E-state index contributed by atoms with van der Waals surface area (Å²) >= 11 is 0. The molecule has 1 fully saturated rings. The normalized spacial score (nSPS) is 19.4. The molecule has 2 heteroatoms. The van der Waals surface area contributed by atoms with E-state index in [-0.39, 0.29) is 11.9 Å². The summed E-state index contributed by atoms with van der Waals surface area (Å²) in [5.41, 5.74) is -1.04. The molecular formula is C18H30O2. The Morgan fingerprint density at radius 3 is 2.25 bits per heavy atom. The lowest BCUT2D eigenvalue weighted by Crippen LogP contribution is -2.47. The van der Waals surface area contributed by atoms with Gasteiger partial charge in [-0.1, -0.05) is 39.5 Å². The van der Waals surface area contributed by atoms with E-state index in [1.54, 1.807) is 0 Å². The maximum atomic E-state index is 12.6. The SMILES string of the molecule is CC#CC(OC(=O)C(C)(C)CC)(C(C)C)C1CCCC1. The fraction of sp³-hybridized carbons (Fsp3) is 0.833. The highest BCUT2D eigenvalue weighted by Gasteiger charge is 2.47. The fourth-order valence-corrected chi connectivity index (χ4v) is 2.93. The molecule has 0 spiro atoms. The van der Waals surface area contributed by atoms with Gasteiger partial charge in [-0.2, -0.15) is 0 Å². The molecule has 1 atom stereocenters. The smallest absolute Gasteiger partial charge is 0.313 e. The first-order valence-electron chi connectivity index (χ1n) is 7.97. The lowest BCUT2D eigenvalue weighted by atomic mass is 9.77. The topological polar surface area (TPSA) is 26.3 Å². The zero-order valence-corrected chi connectivity index (χ0v) is 14.0. The quantitative estimate of drug-likeness (QED) is 0.544. The van der Waals surface area contributed by atoms with Crippen LogP contribution in [-0.4, -0.2) is 11.6 Å². The Kier molecular flexibility index (Phi) is 5.68. The van der Waals surface area contributed by atoms with Crippen molar-refractivity contribution in [2.75, 3.05) is 0 Å². The van der Waals surface area contributed by atoms with Crippen LogP contribution in [0.25, 0.3) is 0 Å². The minimum absolute atomic E-state index is 0.108. The number of rotatable bonds is 5. The van der Waals surface area contributed by atoms with E-state index in [0.29, 0.717) is 5.92 Å². The summed E-state index contributed by atoms with van der Waals surface area (Å²) in [5.74, 6) is 6.78. The molecule has 0 aromatic heterocycles. The van der Waals surface area contributed by atoms with Gasteiger partial charge in [-0.3, -0.25) is 4.79 Å². The van der Waals surface area contributed by atoms with Crippen LogP contribution < -0.4 is 0 Å². The van der Waals surface area contributed by atoms with E-state index in [4.69, 9.17) is 4.74 Å². The van der Waals surface area contributed by atoms with Gasteiger partial charge in [0.15, 0.2) is 5.60 Å². The lowest BCUT2D eigenvalue weighted by Gasteiger charge is -2.39. The first-order valence-corrected chi connectivity index (χ1v) is 7.97. The molecule has 0 radical (unpaired) electrons. The van der Waals surface area contributed by atoms with Gasteiger partial charge in [-0.15, -0.1) is 5.92 Å². The maximum Gasteiger partial charge on any atom is 0.313 e. The van der Waals surface area contributed by atoms with E-state index in [2.05, 4.69) is 25.7 Å². The maximum absolute atomic E-state index is 12.6. The van der Waals surface area contributed by atoms with Gasteiger partial charge >= 0.3 is 5.97 Å². The average molecular weight is 278 g/mol. The van der Waals surface area contributed by atoms with E-state index >= 15 is 0 Å². The Balaban J connectivity index is 3.09. The van der Waals surface area contributed by atoms with Crippen LogP contribution in [-0.2, 0) is 9.53 Å². The largest absolute Gasteiger partial charge is 0.445 e. The highest BCUT2D eigenvalue weighted by atomic mass is 16.6. The van der Waals surface area contributed by atoms with E-state index < -0.39 is 11.0 Å². The van der Waals surface area contributed by atoms with E-state index in [0.717, 1.165) is 19.3 Å². The fourth-order valence-electron chi connectivity index (χ4n) is 2.93. The predicted molar refractivity (Wildman–Crippen MR) is 83.1 cm³/mol. The third-order valence-electron chi connectivity index (χ3n) is 4.84. The Labute approximate surface area is 124 Å². The summed E-state index contributed by atoms with van der Waals surface area (Å²) < 4.78 is 6.07. The minimum atomic E-state index is -0.602. The van der Waals surface area contributed by atoms with Crippen molar-refractivity contribution in [1.29, 1.82) is 0 Å². The Hall–Kier alpha value is -0.970. The number of carbonyl (C=O) groups is 1. The zero-order valence-electron chi connectivity index (χ0n) is 14.0. The molecule has 2 nitrogen and oxygen atoms in total. The second-order valence-corrected chi connectivity index (χ2v) is 6.93. The highest BCUT2D eigenvalue weighted by Crippen LogP contribution is 2.42. The molecule has 0 aromatic carbocycles. The number of carbonyl (C=O) groups excluding carboxylic acids is 1. The zero-order chi connectivity index (χ0) is 15.4. The van der Waals surface area contributed by atoms with Crippen molar-refractivity contribution in [2.24, 2.45) is 17.3 Å². The molecule has 0 aromatic rings. The predicted octanol–water partition coefficient (Wildman–Crippen LogP) is 4.57. The van der Waals surface area contributed by atoms with Crippen molar-refractivity contribution >= 4 is 5.97 Å². The van der Waals surface area contributed by atoms with E-state index in [1.165, 1.54) is 12.8 Å². The second kappa shape index (κ2) is 6.66. The van der Waals surface area contributed by atoms with E-state index in [1.807, 2.05) is 27.7 Å². The second-order valence-electron chi connectivity index (χ2n) is 6.93. The minimum Gasteiger partial charge on any atom is -0.445 e. The summed E-state index contributed by atoms with van der Waals surface area (Å²) in [7, 11) is 0. The Bertz CT molecular complexity index is 391. The number of esters is 1. The molecule has 0 bridgehead atoms. The summed E-state index contributed by atoms with van der Waals surface area (Å²) in [5, 5.41) is 0. The monoisotopic (exact) mass is 278 g/mol. The van der Waals surface area contributed by atoms with Crippen LogP contribution in [0.1, 0.15) is 73.6 Å². The van der Waals surface area contributed by atoms with Crippen LogP contribution in [0.3, 0.4) is 0 Å². The molecule has 0 aliphatic heterocycles. The highest BCUT2D eigenvalue weighted by molar-refractivity contribution is 5.76. The molecule has 0 heterocycles. The van der Waals surface area contributed by atoms with Gasteiger partial charge in [0.2, 0.25) is 0 Å². The van der Waals surface area contributed by atoms with Gasteiger partial charge < -0.3 is 4.74 Å². The van der Waals surface area contributed by atoms with Crippen LogP contribution in [0.4, 0.5) is 0 Å². The molecule has 20 heavy (non-hydrogen) atoms. The van der Waals surface area contributed by atoms with Crippen LogP contribution in [0, 0.1) is 29.1 Å². The van der Waals surface area contributed by atoms with Crippen LogP contribution in [0.5, 0.6) is 0 Å². The van der Waals surface area contributed by atoms with Gasteiger partial charge in [0, 0.05) is 11.8 Å². The third-order valence-corrected chi connectivity index (χ3v) is 4.84. The molecule has 1 aliphatic rings. The first kappa shape index (κ1) is 17.1. The Morgan fingerprint density at radius 1 is 1.30 bits per heavy atom. The lowest BCUT2D eigenvalue weighted by molar-refractivity contribution is -0.174. The molecule has 0 saturated heterocycles. The summed E-state index contributed by atoms with van der Waals surface area (Å²) in [6.45, 7) is 12.0. The molecule has 0 N–H and O–H groups in total. The number of hydrogen-bond acceptors (Lipinski definition) is 2. The van der Waals surface area contributed by atoms with Crippen molar-refractivity contribution < 1.29 is 9.53 Å². The van der Waals surface area contributed by atoms with Gasteiger partial charge in [0.25, 0.3) is 0 Å². The van der Waals surface area contributed by atoms with Crippen molar-refractivity contribution in [2.45, 2.75) is 79.2 Å². The third kappa shape index (κ3) is 3.37. The molecule has 0 amide bonds. The van der Waals surface area contributed by atoms with Gasteiger partial charge in [0.05, 0.1) is 5.41 Å². The van der Waals surface area contributed by atoms with Crippen molar-refractivity contribution in [1.82, 2.24) is 0 Å². The van der Waals surface area contributed by atoms with Crippen molar-refractivity contribution in [3.63, 3.8) is 0 Å². The summed E-state index contributed by atoms with van der Waals surface area (Å²) in [6, 6.07) is 0. The number of ether oxygens (including phenoxy) is 1. The molecule has 1 rings (SSSR count). The van der Waals surface area contributed by atoms with Crippen LogP contribution in [0.2, 0.25) is 0 Å². The first-order chi connectivity index (χ1) is 9.30. The van der Waals surface area contributed by atoms with Crippen LogP contribution >= 0.6 is 0 Å². The van der Waals surface area contributed by atoms with Gasteiger partial charge in [0.1, 0.15) is 0 Å². The molecule has 1 aliphatic carbocycles. The van der Waals surface area contributed by atoms with Gasteiger partial charge in [-0.25, -0.2) is 0 Å². The van der Waals surface area contributed by atoms with E-state index in [9.17, 15) is 4.79 Å². The van der Waals surface area contributed by atoms with Crippen molar-refractivity contribution in [3.8, 4) is 11.8 Å². The van der Waals surface area contributed by atoms with Crippen molar-refractivity contribution in [3.05, 3.63) is 0 Å². The van der Waals surface area contributed by atoms with Crippen LogP contribution in [0.15, 0.2) is 0 Å². The van der Waals surface area contributed by atoms with Gasteiger partial charge in [-0.05, 0) is 40.0 Å². The molecule has 1 unspecified atom stereocenters. The standard InChI is InChI=1S/C18H30O2/c1-7-13-18(14(3)4,15-11-9-10-12-15)20-16(19)17(5,6)8-2/h14-15H,8-12H2,1-6H3. The number of hydrogen-bond donors (Lipinski definition) is 0.